The SMILES string of the molecule is Cc1c(C#N)cccc1[C@@H](C)N=c1nc(C)n(C)c2cnc(N3CCC(F)(F)C3)cc12. The predicted molar refractivity (Wildman–Crippen MR) is 115 cm³/mol. The van der Waals surface area contributed by atoms with Gasteiger partial charge in [0.25, 0.3) is 5.92 Å². The number of rotatable bonds is 3. The number of anilines is 1. The summed E-state index contributed by atoms with van der Waals surface area (Å²) < 4.78 is 29.4. The summed E-state index contributed by atoms with van der Waals surface area (Å²) in [6.45, 7) is 5.69. The van der Waals surface area contributed by atoms with Crippen molar-refractivity contribution < 1.29 is 8.78 Å². The minimum Gasteiger partial charge on any atom is -0.350 e. The van der Waals surface area contributed by atoms with E-state index in [9.17, 15) is 14.0 Å². The van der Waals surface area contributed by atoms with E-state index < -0.39 is 5.92 Å². The third-order valence-electron chi connectivity index (χ3n) is 5.98. The summed E-state index contributed by atoms with van der Waals surface area (Å²) in [5.74, 6) is -1.43. The Morgan fingerprint density at radius 1 is 1.29 bits per heavy atom. The van der Waals surface area contributed by atoms with E-state index in [2.05, 4.69) is 16.0 Å². The number of benzene rings is 1. The number of nitrogens with zero attached hydrogens (tertiary/aromatic N) is 6. The van der Waals surface area contributed by atoms with Crippen LogP contribution < -0.4 is 10.4 Å². The van der Waals surface area contributed by atoms with Gasteiger partial charge in [-0.2, -0.15) is 5.26 Å². The first-order valence-electron chi connectivity index (χ1n) is 10.2. The number of halogens is 2. The Labute approximate surface area is 179 Å². The molecule has 1 aromatic carbocycles. The van der Waals surface area contributed by atoms with E-state index in [4.69, 9.17) is 4.99 Å². The van der Waals surface area contributed by atoms with Crippen molar-refractivity contribution in [2.45, 2.75) is 39.2 Å². The Bertz CT molecular complexity index is 1270. The number of pyridine rings is 1. The summed E-state index contributed by atoms with van der Waals surface area (Å²) in [6, 6.07) is 9.38. The predicted octanol–water partition coefficient (Wildman–Crippen LogP) is 3.96. The molecule has 0 radical (unpaired) electrons. The molecule has 0 amide bonds. The van der Waals surface area contributed by atoms with Gasteiger partial charge in [0.05, 0.1) is 35.9 Å². The lowest BCUT2D eigenvalue weighted by Gasteiger charge is -2.18. The molecule has 8 heteroatoms. The largest absolute Gasteiger partial charge is 0.350 e. The fraction of sp³-hybridized carbons (Fsp3) is 0.391. The van der Waals surface area contributed by atoms with Crippen LogP contribution in [-0.2, 0) is 7.05 Å². The van der Waals surface area contributed by atoms with Crippen molar-refractivity contribution in [2.24, 2.45) is 12.0 Å². The second kappa shape index (κ2) is 7.73. The van der Waals surface area contributed by atoms with Crippen LogP contribution >= 0.6 is 0 Å². The summed E-state index contributed by atoms with van der Waals surface area (Å²) in [6.07, 6.45) is 1.52. The van der Waals surface area contributed by atoms with Gasteiger partial charge in [-0.3, -0.25) is 4.99 Å². The standard InChI is InChI=1S/C23H24F2N6/c1-14-17(11-26)6-5-7-18(14)15(2)28-22-19-10-21(31-9-8-23(24,25)13-31)27-12-20(19)30(4)16(3)29-22/h5-7,10,12,15H,8-9,13H2,1-4H3/t15-/m1/s1. The summed E-state index contributed by atoms with van der Waals surface area (Å²) in [5.41, 5.74) is 3.83. The average molecular weight is 422 g/mol. The van der Waals surface area contributed by atoms with E-state index in [0.717, 1.165) is 27.9 Å². The molecule has 1 fully saturated rings. The first kappa shape index (κ1) is 20.9. The van der Waals surface area contributed by atoms with Crippen LogP contribution in [0.2, 0.25) is 0 Å². The molecule has 0 aliphatic carbocycles. The van der Waals surface area contributed by atoms with Crippen LogP contribution in [0.3, 0.4) is 0 Å². The van der Waals surface area contributed by atoms with Gasteiger partial charge in [0.1, 0.15) is 11.6 Å². The molecule has 1 saturated heterocycles. The van der Waals surface area contributed by atoms with Gasteiger partial charge in [-0.15, -0.1) is 0 Å². The molecule has 0 unspecified atom stereocenters. The molecule has 1 atom stereocenters. The molecule has 31 heavy (non-hydrogen) atoms. The Morgan fingerprint density at radius 2 is 2.06 bits per heavy atom. The van der Waals surface area contributed by atoms with Crippen molar-refractivity contribution in [1.82, 2.24) is 14.5 Å². The van der Waals surface area contributed by atoms with Gasteiger partial charge in [0.15, 0.2) is 5.49 Å². The maximum absolute atomic E-state index is 13.7. The lowest BCUT2D eigenvalue weighted by Crippen LogP contribution is -2.26. The summed E-state index contributed by atoms with van der Waals surface area (Å²) in [4.78, 5) is 15.6. The van der Waals surface area contributed by atoms with Crippen molar-refractivity contribution in [1.29, 1.82) is 5.26 Å². The van der Waals surface area contributed by atoms with E-state index in [0.29, 0.717) is 16.9 Å². The molecule has 0 saturated carbocycles. The summed E-state index contributed by atoms with van der Waals surface area (Å²) in [5, 5.41) is 10.1. The fourth-order valence-electron chi connectivity index (χ4n) is 4.03. The monoisotopic (exact) mass is 422 g/mol. The van der Waals surface area contributed by atoms with Gasteiger partial charge >= 0.3 is 0 Å². The Morgan fingerprint density at radius 3 is 2.74 bits per heavy atom. The van der Waals surface area contributed by atoms with Crippen molar-refractivity contribution in [2.75, 3.05) is 18.0 Å². The zero-order valence-corrected chi connectivity index (χ0v) is 18.0. The lowest BCUT2D eigenvalue weighted by molar-refractivity contribution is 0.0256. The van der Waals surface area contributed by atoms with Crippen molar-refractivity contribution >= 4 is 16.7 Å². The van der Waals surface area contributed by atoms with Gasteiger partial charge in [-0.25, -0.2) is 18.7 Å². The first-order valence-corrected chi connectivity index (χ1v) is 10.2. The number of fused-ring (bicyclic) bond motifs is 1. The highest BCUT2D eigenvalue weighted by Gasteiger charge is 2.38. The number of aromatic nitrogens is 3. The zero-order valence-electron chi connectivity index (χ0n) is 18.0. The van der Waals surface area contributed by atoms with Gasteiger partial charge < -0.3 is 9.47 Å². The average Bonchev–Trinajstić information content (AvgIpc) is 3.11. The van der Waals surface area contributed by atoms with Gasteiger partial charge in [0, 0.05) is 25.4 Å². The maximum atomic E-state index is 13.7. The molecule has 1 aliphatic heterocycles. The molecule has 0 bridgehead atoms. The molecule has 1 aliphatic rings. The van der Waals surface area contributed by atoms with E-state index in [1.165, 1.54) is 0 Å². The molecule has 6 nitrogen and oxygen atoms in total. The van der Waals surface area contributed by atoms with Crippen molar-refractivity contribution in [3.8, 4) is 6.07 Å². The summed E-state index contributed by atoms with van der Waals surface area (Å²) >= 11 is 0. The van der Waals surface area contributed by atoms with E-state index in [1.54, 1.807) is 23.2 Å². The van der Waals surface area contributed by atoms with Crippen LogP contribution in [0.5, 0.6) is 0 Å². The third kappa shape index (κ3) is 3.88. The molecule has 0 spiro atoms. The number of hydrogen-bond acceptors (Lipinski definition) is 5. The van der Waals surface area contributed by atoms with Gasteiger partial charge in [0.2, 0.25) is 0 Å². The molecule has 3 heterocycles. The second-order valence-electron chi connectivity index (χ2n) is 8.07. The number of aryl methyl sites for hydroxylation is 2. The highest BCUT2D eigenvalue weighted by atomic mass is 19.3. The maximum Gasteiger partial charge on any atom is 0.266 e. The van der Waals surface area contributed by atoms with Crippen LogP contribution in [0, 0.1) is 25.2 Å². The summed E-state index contributed by atoms with van der Waals surface area (Å²) in [7, 11) is 1.89. The minimum atomic E-state index is -2.70. The van der Waals surface area contributed by atoms with Crippen molar-refractivity contribution in [3.63, 3.8) is 0 Å². The molecule has 160 valence electrons. The topological polar surface area (TPSA) is 70.1 Å². The third-order valence-corrected chi connectivity index (χ3v) is 5.98. The smallest absolute Gasteiger partial charge is 0.266 e. The molecular weight excluding hydrogens is 398 g/mol. The quantitative estimate of drug-likeness (QED) is 0.641. The van der Waals surface area contributed by atoms with E-state index in [-0.39, 0.29) is 25.6 Å². The fourth-order valence-corrected chi connectivity index (χ4v) is 4.03. The zero-order chi connectivity index (χ0) is 22.3. The lowest BCUT2D eigenvalue weighted by atomic mass is 9.98. The van der Waals surface area contributed by atoms with Gasteiger partial charge in [-0.1, -0.05) is 12.1 Å². The molecule has 4 rings (SSSR count). The number of hydrogen-bond donors (Lipinski definition) is 0. The molecule has 2 aromatic heterocycles. The molecule has 0 N–H and O–H groups in total. The van der Waals surface area contributed by atoms with Crippen LogP contribution in [0.25, 0.3) is 10.9 Å². The highest BCUT2D eigenvalue weighted by Crippen LogP contribution is 2.30. The highest BCUT2D eigenvalue weighted by molar-refractivity contribution is 5.80. The number of nitriles is 1. The Kier molecular flexibility index (Phi) is 5.21. The second-order valence-corrected chi connectivity index (χ2v) is 8.07. The minimum absolute atomic E-state index is 0.171. The van der Waals surface area contributed by atoms with E-state index in [1.807, 2.05) is 44.5 Å². The van der Waals surface area contributed by atoms with Crippen LogP contribution in [0.1, 0.15) is 41.9 Å². The molecule has 3 aromatic rings. The Hall–Kier alpha value is -3.34. The van der Waals surface area contributed by atoms with Gasteiger partial charge in [-0.05, 0) is 44.0 Å². The van der Waals surface area contributed by atoms with Crippen molar-refractivity contribution in [3.05, 3.63) is 58.5 Å². The van der Waals surface area contributed by atoms with E-state index >= 15 is 0 Å². The number of alkyl halides is 2. The normalized spacial score (nSPS) is 17.2. The van der Waals surface area contributed by atoms with Crippen LogP contribution in [0.4, 0.5) is 14.6 Å². The molecular formula is C23H24F2N6. The first-order chi connectivity index (χ1) is 14.7. The van der Waals surface area contributed by atoms with Crippen LogP contribution in [0.15, 0.2) is 35.5 Å². The van der Waals surface area contributed by atoms with Crippen LogP contribution in [-0.4, -0.2) is 33.5 Å². The Balaban J connectivity index is 1.86.